The molecule has 3 saturated carbocycles. The highest BCUT2D eigenvalue weighted by atomic mass is 35.5. The lowest BCUT2D eigenvalue weighted by molar-refractivity contribution is -0.236. The van der Waals surface area contributed by atoms with Crippen molar-refractivity contribution < 1.29 is 38.1 Å². The number of rotatable bonds is 3. The minimum absolute atomic E-state index is 0.0227. The Labute approximate surface area is 199 Å². The van der Waals surface area contributed by atoms with Gasteiger partial charge in [0, 0.05) is 22.7 Å². The Kier molecular flexibility index (Phi) is 5.59. The Morgan fingerprint density at radius 1 is 1.24 bits per heavy atom. The van der Waals surface area contributed by atoms with Crippen LogP contribution in [-0.4, -0.2) is 56.3 Å². The molecule has 2 N–H and O–H groups in total. The molecule has 0 unspecified atom stereocenters. The van der Waals surface area contributed by atoms with Crippen LogP contribution in [0.5, 0.6) is 0 Å². The Hall–Kier alpha value is -1.51. The van der Waals surface area contributed by atoms with Crippen molar-refractivity contribution in [1.82, 2.24) is 0 Å². The second-order valence-corrected chi connectivity index (χ2v) is 11.4. The summed E-state index contributed by atoms with van der Waals surface area (Å²) in [7, 11) is 0. The zero-order chi connectivity index (χ0) is 24.7. The van der Waals surface area contributed by atoms with Crippen LogP contribution >= 0.6 is 23.2 Å². The molecular weight excluding hydrogens is 481 g/mol. The van der Waals surface area contributed by atoms with Gasteiger partial charge in [-0.05, 0) is 49.8 Å². The molecule has 4 aliphatic carbocycles. The third-order valence-corrected chi connectivity index (χ3v) is 9.28. The Bertz CT molecular complexity index is 984. The maximum atomic E-state index is 17.1. The fourth-order valence-electron chi connectivity index (χ4n) is 7.44. The van der Waals surface area contributed by atoms with E-state index >= 15 is 8.78 Å². The lowest BCUT2D eigenvalue weighted by Gasteiger charge is -2.62. The van der Waals surface area contributed by atoms with Gasteiger partial charge in [-0.25, -0.2) is 18.4 Å². The topological polar surface area (TPSA) is 101 Å². The van der Waals surface area contributed by atoms with Crippen LogP contribution in [0.4, 0.5) is 8.78 Å². The number of carboxylic acid groups (broad SMARTS) is 1. The molecule has 0 heterocycles. The van der Waals surface area contributed by atoms with E-state index in [0.29, 0.717) is 0 Å². The molecule has 0 saturated heterocycles. The van der Waals surface area contributed by atoms with Crippen LogP contribution in [0.25, 0.3) is 0 Å². The Morgan fingerprint density at radius 2 is 1.88 bits per heavy atom. The minimum atomic E-state index is -2.36. The van der Waals surface area contributed by atoms with Crippen LogP contribution in [0, 0.1) is 28.6 Å². The van der Waals surface area contributed by atoms with Crippen LogP contribution in [0.1, 0.15) is 40.0 Å². The van der Waals surface area contributed by atoms with Crippen molar-refractivity contribution in [3.8, 4) is 0 Å². The molecule has 0 spiro atoms. The van der Waals surface area contributed by atoms with Crippen molar-refractivity contribution in [2.24, 2.45) is 28.6 Å². The SMILES string of the molecule is C[C@@H]1C[C@H]2[C@@H]3C[C@H](F)C4=CC(=O)C=C[C@]4(C)[C@@]3(F)[C@@H](O)C[C@]2(C)[C@@]1(OC(=O)C(Cl)Cl)C(=O)O. The molecule has 0 aliphatic heterocycles. The van der Waals surface area contributed by atoms with Gasteiger partial charge in [0.05, 0.1) is 6.10 Å². The summed E-state index contributed by atoms with van der Waals surface area (Å²) in [6.45, 7) is 4.56. The predicted octanol–water partition coefficient (Wildman–Crippen LogP) is 3.72. The number of fused-ring (bicyclic) bond motifs is 5. The number of carboxylic acids is 1. The average molecular weight is 507 g/mol. The highest BCUT2D eigenvalue weighted by Crippen LogP contribution is 2.71. The van der Waals surface area contributed by atoms with Crippen molar-refractivity contribution in [1.29, 1.82) is 0 Å². The summed E-state index contributed by atoms with van der Waals surface area (Å²) < 4.78 is 37.9. The summed E-state index contributed by atoms with van der Waals surface area (Å²) >= 11 is 11.3. The van der Waals surface area contributed by atoms with Gasteiger partial charge in [0.1, 0.15) is 6.17 Å². The van der Waals surface area contributed by atoms with E-state index in [-0.39, 0.29) is 24.8 Å². The van der Waals surface area contributed by atoms with Crippen LogP contribution in [0.15, 0.2) is 23.8 Å². The standard InChI is InChI=1S/C23H26Cl2F2O6/c1-10-6-12-13-8-15(26)14-7-11(28)4-5-20(14,2)22(13,27)16(29)9-21(12,3)23(10,19(31)32)33-18(30)17(24)25/h4-5,7,10,12-13,15-17,29H,6,8-9H2,1-3H3,(H,31,32)/t10-,12+,13+,15+,16+,20+,21+,22+,23+/m1/s1. The molecule has 3 fully saturated rings. The van der Waals surface area contributed by atoms with E-state index in [1.165, 1.54) is 26.0 Å². The first-order valence-corrected chi connectivity index (χ1v) is 11.7. The second-order valence-electron chi connectivity index (χ2n) is 10.3. The number of carbonyl (C=O) groups excluding carboxylic acids is 2. The van der Waals surface area contributed by atoms with Gasteiger partial charge in [0.25, 0.3) is 0 Å². The van der Waals surface area contributed by atoms with Gasteiger partial charge in [0.2, 0.25) is 10.4 Å². The van der Waals surface area contributed by atoms with Gasteiger partial charge in [0.15, 0.2) is 11.5 Å². The molecular formula is C23H26Cl2F2O6. The van der Waals surface area contributed by atoms with Crippen molar-refractivity contribution in [3.63, 3.8) is 0 Å². The maximum Gasteiger partial charge on any atom is 0.349 e. The lowest BCUT2D eigenvalue weighted by atomic mass is 9.44. The first-order valence-electron chi connectivity index (χ1n) is 10.9. The van der Waals surface area contributed by atoms with Gasteiger partial charge in [-0.1, -0.05) is 43.1 Å². The maximum absolute atomic E-state index is 17.1. The zero-order valence-electron chi connectivity index (χ0n) is 18.4. The van der Waals surface area contributed by atoms with E-state index in [9.17, 15) is 24.6 Å². The lowest BCUT2D eigenvalue weighted by Crippen LogP contribution is -2.71. The number of hydrogen-bond donors (Lipinski definition) is 2. The number of aliphatic carboxylic acids is 1. The predicted molar refractivity (Wildman–Crippen MR) is 115 cm³/mol. The van der Waals surface area contributed by atoms with E-state index in [0.717, 1.165) is 6.08 Å². The second kappa shape index (κ2) is 7.49. The molecule has 10 heteroatoms. The fourth-order valence-corrected chi connectivity index (χ4v) is 7.53. The van der Waals surface area contributed by atoms with Crippen LogP contribution in [0.3, 0.4) is 0 Å². The highest BCUT2D eigenvalue weighted by molar-refractivity contribution is 6.53. The number of aliphatic hydroxyl groups excluding tert-OH is 1. The Balaban J connectivity index is 1.87. The van der Waals surface area contributed by atoms with Gasteiger partial charge >= 0.3 is 11.9 Å². The average Bonchev–Trinajstić information content (AvgIpc) is 2.93. The summed E-state index contributed by atoms with van der Waals surface area (Å²) in [6.07, 6.45) is -0.367. The van der Waals surface area contributed by atoms with Crippen molar-refractivity contribution in [2.45, 2.75) is 68.4 Å². The van der Waals surface area contributed by atoms with Gasteiger partial charge in [-0.3, -0.25) is 4.79 Å². The van der Waals surface area contributed by atoms with E-state index in [4.69, 9.17) is 27.9 Å². The molecule has 0 aromatic carbocycles. The van der Waals surface area contributed by atoms with Gasteiger partial charge < -0.3 is 14.9 Å². The number of alkyl halides is 4. The molecule has 0 aromatic rings. The van der Waals surface area contributed by atoms with Crippen molar-refractivity contribution in [3.05, 3.63) is 23.8 Å². The van der Waals surface area contributed by atoms with Gasteiger partial charge in [-0.2, -0.15) is 0 Å². The molecule has 9 atom stereocenters. The number of ether oxygens (including phenoxy) is 1. The van der Waals surface area contributed by atoms with Crippen molar-refractivity contribution >= 4 is 40.9 Å². The van der Waals surface area contributed by atoms with E-state index in [1.54, 1.807) is 6.92 Å². The molecule has 4 rings (SSSR count). The summed E-state index contributed by atoms with van der Waals surface area (Å²) in [6, 6.07) is 0. The number of hydrogen-bond acceptors (Lipinski definition) is 5. The molecule has 4 aliphatic rings. The number of allylic oxidation sites excluding steroid dienone is 4. The first kappa shape index (κ1) is 24.6. The van der Waals surface area contributed by atoms with Crippen molar-refractivity contribution in [2.75, 3.05) is 0 Å². The summed E-state index contributed by atoms with van der Waals surface area (Å²) in [4.78, 5) is 35.2. The molecule has 0 aromatic heterocycles. The number of carbonyl (C=O) groups is 3. The van der Waals surface area contributed by atoms with Crippen LogP contribution < -0.4 is 0 Å². The van der Waals surface area contributed by atoms with Gasteiger partial charge in [-0.15, -0.1) is 0 Å². The third-order valence-electron chi connectivity index (χ3n) is 8.93. The zero-order valence-corrected chi connectivity index (χ0v) is 19.9. The molecule has 182 valence electrons. The largest absolute Gasteiger partial charge is 0.478 e. The number of ketones is 1. The molecule has 0 bridgehead atoms. The smallest absolute Gasteiger partial charge is 0.349 e. The summed E-state index contributed by atoms with van der Waals surface area (Å²) in [5.41, 5.74) is -7.54. The minimum Gasteiger partial charge on any atom is -0.478 e. The molecule has 0 amide bonds. The monoisotopic (exact) mass is 506 g/mol. The van der Waals surface area contributed by atoms with Crippen LogP contribution in [-0.2, 0) is 19.1 Å². The van der Waals surface area contributed by atoms with Crippen LogP contribution in [0.2, 0.25) is 0 Å². The normalized spacial score (nSPS) is 48.6. The molecule has 33 heavy (non-hydrogen) atoms. The van der Waals surface area contributed by atoms with E-state index in [1.807, 2.05) is 0 Å². The number of halogens is 4. The summed E-state index contributed by atoms with van der Waals surface area (Å²) in [5.74, 6) is -5.68. The summed E-state index contributed by atoms with van der Waals surface area (Å²) in [5, 5.41) is 21.5. The molecule has 0 radical (unpaired) electrons. The number of esters is 1. The fraction of sp³-hybridized carbons (Fsp3) is 0.696. The van der Waals surface area contributed by atoms with E-state index in [2.05, 4.69) is 0 Å². The van der Waals surface area contributed by atoms with E-state index < -0.39 is 74.7 Å². The highest BCUT2D eigenvalue weighted by Gasteiger charge is 2.78. The number of aliphatic hydroxyl groups is 1. The first-order chi connectivity index (χ1) is 15.2. The molecule has 6 nitrogen and oxygen atoms in total. The quantitative estimate of drug-likeness (QED) is 0.446. The Morgan fingerprint density at radius 3 is 2.45 bits per heavy atom. The third kappa shape index (κ3) is 2.89.